The number of nitrogens with one attached hydrogen (secondary N) is 6. The normalized spacial score (nSPS) is 23.3. The molecular formula is C52H61ClN12O9S2. The summed E-state index contributed by atoms with van der Waals surface area (Å²) >= 11 is 9.28. The number of hydrogen-bond donors (Lipinski definition) is 7. The van der Waals surface area contributed by atoms with Gasteiger partial charge < -0.3 is 46.6 Å². The second kappa shape index (κ2) is 23.1. The van der Waals surface area contributed by atoms with Crippen molar-refractivity contribution in [2.24, 2.45) is 10.4 Å². The summed E-state index contributed by atoms with van der Waals surface area (Å²) < 4.78 is 7.49. The molecule has 0 spiro atoms. The van der Waals surface area contributed by atoms with E-state index in [-0.39, 0.29) is 32.5 Å². The Morgan fingerprint density at radius 1 is 0.895 bits per heavy atom. The number of carbonyl (C=O) groups excluding carboxylic acids is 7. The number of aliphatic hydroxyl groups is 1. The largest absolute Gasteiger partial charge is 0.391 e. The van der Waals surface area contributed by atoms with Crippen LogP contribution in [0.4, 0.5) is 0 Å². The zero-order valence-electron chi connectivity index (χ0n) is 43.3. The zero-order valence-corrected chi connectivity index (χ0v) is 45.7. The van der Waals surface area contributed by atoms with E-state index in [9.17, 15) is 38.7 Å². The summed E-state index contributed by atoms with van der Waals surface area (Å²) in [6, 6.07) is 6.68. The first-order valence-electron chi connectivity index (χ1n) is 24.8. The van der Waals surface area contributed by atoms with Crippen molar-refractivity contribution in [2.75, 3.05) is 32.8 Å². The molecule has 5 aromatic rings. The zero-order chi connectivity index (χ0) is 54.7. The van der Waals surface area contributed by atoms with Gasteiger partial charge in [0, 0.05) is 47.1 Å². The summed E-state index contributed by atoms with van der Waals surface area (Å²) in [7, 11) is 0. The molecule has 7 atom stereocenters. The van der Waals surface area contributed by atoms with E-state index in [1.165, 1.54) is 23.2 Å². The van der Waals surface area contributed by atoms with E-state index in [4.69, 9.17) is 21.3 Å². The van der Waals surface area contributed by atoms with Crippen LogP contribution in [0.25, 0.3) is 15.4 Å². The Morgan fingerprint density at radius 2 is 1.61 bits per heavy atom. The molecule has 3 aliphatic rings. The number of halogens is 1. The third-order valence-electron chi connectivity index (χ3n) is 13.5. The van der Waals surface area contributed by atoms with Crippen LogP contribution in [0.1, 0.15) is 97.1 Å². The molecule has 8 rings (SSSR count). The number of thiophene rings is 1. The summed E-state index contributed by atoms with van der Waals surface area (Å²) in [4.78, 5) is 111. The third kappa shape index (κ3) is 12.2. The van der Waals surface area contributed by atoms with E-state index < -0.39 is 102 Å². The van der Waals surface area contributed by atoms with Crippen LogP contribution in [0, 0.1) is 33.1 Å². The Labute approximate surface area is 452 Å². The van der Waals surface area contributed by atoms with E-state index in [1.54, 1.807) is 74.0 Å². The summed E-state index contributed by atoms with van der Waals surface area (Å²) in [5.41, 5.74) is 6.07. The van der Waals surface area contributed by atoms with Crippen LogP contribution >= 0.6 is 34.3 Å². The van der Waals surface area contributed by atoms with Crippen molar-refractivity contribution in [1.82, 2.24) is 56.5 Å². The van der Waals surface area contributed by atoms with Crippen molar-refractivity contribution >= 4 is 81.3 Å². The molecule has 402 valence electrons. The molecule has 2 fully saturated rings. The molecule has 0 radical (unpaired) electrons. The predicted octanol–water partition coefficient (Wildman–Crippen LogP) is 3.22. The number of aryl methyl sites for hydroxylation is 3. The second-order valence-electron chi connectivity index (χ2n) is 20.1. The van der Waals surface area contributed by atoms with Gasteiger partial charge in [0.25, 0.3) is 0 Å². The first-order valence-corrected chi connectivity index (χ1v) is 26.8. The van der Waals surface area contributed by atoms with Crippen LogP contribution in [0.5, 0.6) is 0 Å². The minimum atomic E-state index is -1.43. The first kappa shape index (κ1) is 55.3. The van der Waals surface area contributed by atoms with Crippen LogP contribution < -0.4 is 31.9 Å². The van der Waals surface area contributed by atoms with E-state index in [2.05, 4.69) is 47.1 Å². The molecule has 2 aromatic carbocycles. The smallest absolute Gasteiger partial charge is 0.247 e. The maximum atomic E-state index is 14.5. The number of thiazole rings is 1. The number of amides is 7. The molecule has 0 bridgehead atoms. The fourth-order valence-electron chi connectivity index (χ4n) is 9.27. The maximum absolute atomic E-state index is 14.5. The number of benzene rings is 2. The fourth-order valence-corrected chi connectivity index (χ4v) is 11.4. The molecule has 21 nitrogen and oxygen atoms in total. The van der Waals surface area contributed by atoms with Gasteiger partial charge in [-0.15, -0.1) is 32.9 Å². The number of carbonyl (C=O) groups is 7. The molecular weight excluding hydrogens is 1040 g/mol. The number of ether oxygens (including phenoxy) is 1. The highest BCUT2D eigenvalue weighted by atomic mass is 35.5. The minimum absolute atomic E-state index is 0.132. The van der Waals surface area contributed by atoms with Crippen molar-refractivity contribution in [3.63, 3.8) is 0 Å². The van der Waals surface area contributed by atoms with Crippen LogP contribution in [0.3, 0.4) is 0 Å². The Kier molecular flexibility index (Phi) is 16.8. The van der Waals surface area contributed by atoms with Gasteiger partial charge in [0.2, 0.25) is 41.4 Å². The van der Waals surface area contributed by atoms with Gasteiger partial charge in [-0.05, 0) is 68.9 Å². The summed E-state index contributed by atoms with van der Waals surface area (Å²) in [5.74, 6) is -3.91. The monoisotopic (exact) mass is 1100 g/mol. The number of aliphatic hydroxyl groups excluding tert-OH is 1. The molecule has 3 aliphatic heterocycles. The Morgan fingerprint density at radius 3 is 2.29 bits per heavy atom. The first-order chi connectivity index (χ1) is 36.1. The standard InChI is InChI=1S/C52H61ClN12O9S2/c1-25-28(4)76-51-40(25)41(30-13-15-33(53)16-14-30)58-35(45-63-62-29(5)65(45)51)20-38(67)55-21-36-47(70)54-17-18-74-23-39(68)60-44(52(6,7)8)50(73)64-22-34(66)19-37(64)48(71)61-42(49(72)57-27(3)46(69)59-36)31-9-11-32(12-10-31)43-26(2)56-24-75-43/h9-16,24,27,34-37,42,44,66H,17-23H2,1-8H3,(H,54,70)(H,55,67)(H,57,72)(H,59,69)(H,60,68)(H,61,71)/t27-,34+,35-,36+,37-,42-,44+/m0/s1. The topological polar surface area (TPSA) is 280 Å². The van der Waals surface area contributed by atoms with E-state index in [0.29, 0.717) is 27.9 Å². The molecule has 76 heavy (non-hydrogen) atoms. The SMILES string of the molecule is Cc1ncsc1-c1ccc([C@@H]2NC(=O)[C@@H]3C[C@@H](O)CN3C(=O)[C@H](C(C)(C)C)NC(=O)COCCNC(=O)[C@@H](CNC(=O)C[C@@H]3N=C(c4ccc(Cl)cc4)c4c(sc(C)c4C)-n4c(C)nnc43)NC(=O)[C@H](C)NC2=O)cc1. The van der Waals surface area contributed by atoms with Crippen LogP contribution in [-0.2, 0) is 38.3 Å². The number of hydrogen-bond acceptors (Lipinski definition) is 15. The Bertz CT molecular complexity index is 3080. The predicted molar refractivity (Wildman–Crippen MR) is 285 cm³/mol. The average molecular weight is 1100 g/mol. The molecule has 24 heteroatoms. The van der Waals surface area contributed by atoms with E-state index in [1.807, 2.05) is 44.4 Å². The molecule has 3 aromatic heterocycles. The van der Waals surface area contributed by atoms with Gasteiger partial charge >= 0.3 is 0 Å². The lowest BCUT2D eigenvalue weighted by molar-refractivity contribution is -0.145. The van der Waals surface area contributed by atoms with Gasteiger partial charge in [0.1, 0.15) is 53.7 Å². The highest BCUT2D eigenvalue weighted by molar-refractivity contribution is 7.15. The van der Waals surface area contributed by atoms with Crippen molar-refractivity contribution in [3.05, 3.63) is 104 Å². The summed E-state index contributed by atoms with van der Waals surface area (Å²) in [6.07, 6.45) is -1.48. The average Bonchev–Trinajstić information content (AvgIpc) is 4.14. The lowest BCUT2D eigenvalue weighted by atomic mass is 9.85. The third-order valence-corrected chi connectivity index (χ3v) is 15.9. The molecule has 0 unspecified atom stereocenters. The number of aromatic nitrogens is 4. The van der Waals surface area contributed by atoms with E-state index >= 15 is 0 Å². The molecule has 7 N–H and O–H groups in total. The maximum Gasteiger partial charge on any atom is 0.247 e. The lowest BCUT2D eigenvalue weighted by Gasteiger charge is -2.35. The second-order valence-corrected chi connectivity index (χ2v) is 22.6. The Hall–Kier alpha value is -6.92. The number of rotatable bonds is 7. The number of nitrogens with zero attached hydrogens (tertiary/aromatic N) is 6. The van der Waals surface area contributed by atoms with E-state index in [0.717, 1.165) is 42.7 Å². The van der Waals surface area contributed by atoms with Gasteiger partial charge in [-0.1, -0.05) is 68.8 Å². The molecule has 7 amide bonds. The highest BCUT2D eigenvalue weighted by Crippen LogP contribution is 2.40. The van der Waals surface area contributed by atoms with Crippen molar-refractivity contribution in [3.8, 4) is 15.4 Å². The summed E-state index contributed by atoms with van der Waals surface area (Å²) in [5, 5.41) is 37.4. The molecule has 0 aliphatic carbocycles. The van der Waals surface area contributed by atoms with Crippen LogP contribution in [0.2, 0.25) is 5.02 Å². The van der Waals surface area contributed by atoms with Crippen molar-refractivity contribution < 1.29 is 43.4 Å². The molecule has 0 saturated carbocycles. The van der Waals surface area contributed by atoms with Gasteiger partial charge in [-0.3, -0.25) is 43.1 Å². The van der Waals surface area contributed by atoms with Gasteiger partial charge in [-0.25, -0.2) is 4.98 Å². The number of fused-ring (bicyclic) bond motifs is 4. The van der Waals surface area contributed by atoms with Crippen LogP contribution in [0.15, 0.2) is 59.0 Å². The van der Waals surface area contributed by atoms with Gasteiger partial charge in [0.15, 0.2) is 5.82 Å². The molecule has 2 saturated heterocycles. The van der Waals surface area contributed by atoms with Crippen molar-refractivity contribution in [2.45, 2.75) is 111 Å². The lowest BCUT2D eigenvalue weighted by Crippen LogP contribution is -2.59. The van der Waals surface area contributed by atoms with Crippen LogP contribution in [-0.4, -0.2) is 140 Å². The summed E-state index contributed by atoms with van der Waals surface area (Å²) in [6.45, 7) is 12.9. The minimum Gasteiger partial charge on any atom is -0.391 e. The van der Waals surface area contributed by atoms with Crippen molar-refractivity contribution in [1.29, 1.82) is 0 Å². The van der Waals surface area contributed by atoms with Gasteiger partial charge in [-0.2, -0.15) is 0 Å². The number of aliphatic imine (C=N–C) groups is 1. The fraction of sp³-hybridized carbons (Fsp3) is 0.442. The quantitative estimate of drug-likeness (QED) is 0.124. The Balaban J connectivity index is 1.06. The molecule has 6 heterocycles. The van der Waals surface area contributed by atoms with Gasteiger partial charge in [0.05, 0.1) is 40.9 Å². The highest BCUT2D eigenvalue weighted by Gasteiger charge is 2.45.